The third kappa shape index (κ3) is 3.51. The third-order valence-electron chi connectivity index (χ3n) is 2.39. The number of amides is 2. The number of hydrogen-bond donors (Lipinski definition) is 3. The van der Waals surface area contributed by atoms with Gasteiger partial charge < -0.3 is 10.4 Å². The van der Waals surface area contributed by atoms with E-state index in [1.165, 1.54) is 6.07 Å². The van der Waals surface area contributed by atoms with Crippen LogP contribution in [-0.2, 0) is 6.54 Å². The molecule has 0 aliphatic carbocycles. The summed E-state index contributed by atoms with van der Waals surface area (Å²) in [6.45, 7) is 2.00. The number of aromatic nitrogens is 2. The fraction of sp³-hybridized carbons (Fsp3) is 0.167. The van der Waals surface area contributed by atoms with Gasteiger partial charge in [0.1, 0.15) is 10.8 Å². The van der Waals surface area contributed by atoms with E-state index in [2.05, 4.69) is 20.6 Å². The van der Waals surface area contributed by atoms with Gasteiger partial charge in [0.2, 0.25) is 0 Å². The Bertz CT molecular complexity index is 641. The zero-order valence-electron chi connectivity index (χ0n) is 10.6. The van der Waals surface area contributed by atoms with Crippen LogP contribution in [-0.4, -0.2) is 27.1 Å². The monoisotopic (exact) mass is 292 g/mol. The van der Waals surface area contributed by atoms with Crippen LogP contribution in [0.25, 0.3) is 0 Å². The molecule has 2 amide bonds. The highest BCUT2D eigenvalue weighted by atomic mass is 32.1. The average molecular weight is 292 g/mol. The van der Waals surface area contributed by atoms with Crippen LogP contribution in [0, 0.1) is 6.92 Å². The zero-order chi connectivity index (χ0) is 14.5. The minimum atomic E-state index is -1.08. The van der Waals surface area contributed by atoms with Gasteiger partial charge in [0.25, 0.3) is 0 Å². The molecule has 2 rings (SSSR count). The van der Waals surface area contributed by atoms with Gasteiger partial charge in [0.15, 0.2) is 0 Å². The minimum Gasteiger partial charge on any atom is -0.478 e. The first-order chi connectivity index (χ1) is 9.56. The molecule has 20 heavy (non-hydrogen) atoms. The number of urea groups is 1. The van der Waals surface area contributed by atoms with Crippen molar-refractivity contribution in [3.63, 3.8) is 0 Å². The van der Waals surface area contributed by atoms with Gasteiger partial charge in [-0.05, 0) is 24.4 Å². The van der Waals surface area contributed by atoms with Gasteiger partial charge >= 0.3 is 12.0 Å². The van der Waals surface area contributed by atoms with Gasteiger partial charge in [-0.15, -0.1) is 11.3 Å². The highest BCUT2D eigenvalue weighted by Gasteiger charge is 2.13. The van der Waals surface area contributed by atoms with Crippen molar-refractivity contribution in [1.29, 1.82) is 0 Å². The predicted octanol–water partition coefficient (Wildman–Crippen LogP) is 1.87. The molecule has 7 nitrogen and oxygen atoms in total. The van der Waals surface area contributed by atoms with Crippen LogP contribution in [0.5, 0.6) is 0 Å². The van der Waals surface area contributed by atoms with Gasteiger partial charge in [0, 0.05) is 6.20 Å². The summed E-state index contributed by atoms with van der Waals surface area (Å²) >= 11 is 1.15. The topological polar surface area (TPSA) is 104 Å². The SMILES string of the molecule is Cc1nccc(CNC(=O)Nc2sccc2C(=O)O)n1. The molecule has 0 saturated carbocycles. The smallest absolute Gasteiger partial charge is 0.338 e. The third-order valence-corrected chi connectivity index (χ3v) is 3.22. The molecular formula is C12H12N4O3S. The standard InChI is InChI=1S/C12H12N4O3S/c1-7-13-4-2-8(15-7)6-14-12(19)16-10-9(11(17)18)3-5-20-10/h2-5H,6H2,1H3,(H,17,18)(H2,14,16,19). The number of carbonyl (C=O) groups is 2. The largest absolute Gasteiger partial charge is 0.478 e. The molecule has 2 aromatic heterocycles. The van der Waals surface area contributed by atoms with Crippen LogP contribution >= 0.6 is 11.3 Å². The first-order valence-electron chi connectivity index (χ1n) is 5.70. The second-order valence-corrected chi connectivity index (χ2v) is 4.79. The van der Waals surface area contributed by atoms with E-state index in [4.69, 9.17) is 5.11 Å². The lowest BCUT2D eigenvalue weighted by molar-refractivity contribution is 0.0698. The van der Waals surface area contributed by atoms with Crippen molar-refractivity contribution in [3.05, 3.63) is 40.8 Å². The van der Waals surface area contributed by atoms with E-state index in [1.807, 2.05) is 0 Å². The minimum absolute atomic E-state index is 0.0723. The lowest BCUT2D eigenvalue weighted by atomic mass is 10.3. The summed E-state index contributed by atoms with van der Waals surface area (Å²) in [6.07, 6.45) is 1.61. The van der Waals surface area contributed by atoms with Crippen LogP contribution in [0.4, 0.5) is 9.80 Å². The van der Waals surface area contributed by atoms with Gasteiger partial charge in [-0.25, -0.2) is 19.6 Å². The highest BCUT2D eigenvalue weighted by molar-refractivity contribution is 7.14. The van der Waals surface area contributed by atoms with Crippen molar-refractivity contribution >= 4 is 28.3 Å². The lowest BCUT2D eigenvalue weighted by Gasteiger charge is -2.06. The van der Waals surface area contributed by atoms with Gasteiger partial charge in [-0.2, -0.15) is 0 Å². The first kappa shape index (κ1) is 13.9. The molecule has 0 radical (unpaired) electrons. The molecule has 0 fully saturated rings. The number of nitrogens with zero attached hydrogens (tertiary/aromatic N) is 2. The number of nitrogens with one attached hydrogen (secondary N) is 2. The number of thiophene rings is 1. The Morgan fingerprint density at radius 1 is 1.40 bits per heavy atom. The van der Waals surface area contributed by atoms with E-state index in [0.717, 1.165) is 11.3 Å². The lowest BCUT2D eigenvalue weighted by Crippen LogP contribution is -2.28. The predicted molar refractivity (Wildman–Crippen MR) is 73.9 cm³/mol. The maximum atomic E-state index is 11.7. The van der Waals surface area contributed by atoms with E-state index < -0.39 is 12.0 Å². The van der Waals surface area contributed by atoms with Crippen molar-refractivity contribution in [2.24, 2.45) is 0 Å². The van der Waals surface area contributed by atoms with Crippen molar-refractivity contribution in [3.8, 4) is 0 Å². The van der Waals surface area contributed by atoms with Crippen molar-refractivity contribution in [2.45, 2.75) is 13.5 Å². The summed E-state index contributed by atoms with van der Waals surface area (Å²) in [5.74, 6) is -0.455. The van der Waals surface area contributed by atoms with Crippen molar-refractivity contribution in [2.75, 3.05) is 5.32 Å². The van der Waals surface area contributed by atoms with Crippen molar-refractivity contribution < 1.29 is 14.7 Å². The second-order valence-electron chi connectivity index (χ2n) is 3.87. The Morgan fingerprint density at radius 2 is 2.20 bits per heavy atom. The molecule has 3 N–H and O–H groups in total. The maximum Gasteiger partial charge on any atom is 0.338 e. The summed E-state index contributed by atoms with van der Waals surface area (Å²) in [6, 6.07) is 2.66. The molecule has 0 saturated heterocycles. The number of aromatic carboxylic acids is 1. The van der Waals surface area contributed by atoms with E-state index in [1.54, 1.807) is 24.6 Å². The fourth-order valence-corrected chi connectivity index (χ4v) is 2.27. The molecule has 8 heteroatoms. The molecular weight excluding hydrogens is 280 g/mol. The quantitative estimate of drug-likeness (QED) is 0.798. The second kappa shape index (κ2) is 6.11. The van der Waals surface area contributed by atoms with Gasteiger partial charge in [-0.1, -0.05) is 0 Å². The van der Waals surface area contributed by atoms with Crippen LogP contribution < -0.4 is 10.6 Å². The Balaban J connectivity index is 1.93. The van der Waals surface area contributed by atoms with E-state index in [9.17, 15) is 9.59 Å². The number of aryl methyl sites for hydroxylation is 1. The highest BCUT2D eigenvalue weighted by Crippen LogP contribution is 2.22. The molecule has 0 aliphatic rings. The van der Waals surface area contributed by atoms with Crippen LogP contribution in [0.2, 0.25) is 0 Å². The zero-order valence-corrected chi connectivity index (χ0v) is 11.4. The van der Waals surface area contributed by atoms with Crippen molar-refractivity contribution in [1.82, 2.24) is 15.3 Å². The number of carboxylic acid groups (broad SMARTS) is 1. The molecule has 0 aliphatic heterocycles. The summed E-state index contributed by atoms with van der Waals surface area (Å²) < 4.78 is 0. The molecule has 0 atom stereocenters. The number of carbonyl (C=O) groups excluding carboxylic acids is 1. The van der Waals surface area contributed by atoms with Gasteiger partial charge in [-0.3, -0.25) is 5.32 Å². The molecule has 2 heterocycles. The Hall–Kier alpha value is -2.48. The molecule has 104 valence electrons. The molecule has 0 spiro atoms. The van der Waals surface area contributed by atoms with E-state index in [0.29, 0.717) is 16.5 Å². The summed E-state index contributed by atoms with van der Waals surface area (Å²) in [4.78, 5) is 30.7. The van der Waals surface area contributed by atoms with Crippen LogP contribution in [0.3, 0.4) is 0 Å². The Labute approximate surface area is 118 Å². The molecule has 0 bridgehead atoms. The summed E-state index contributed by atoms with van der Waals surface area (Å²) in [7, 11) is 0. The first-order valence-corrected chi connectivity index (χ1v) is 6.58. The number of anilines is 1. The summed E-state index contributed by atoms with van der Waals surface area (Å²) in [5, 5.41) is 15.9. The molecule has 0 unspecified atom stereocenters. The fourth-order valence-electron chi connectivity index (χ4n) is 1.50. The summed E-state index contributed by atoms with van der Waals surface area (Å²) in [5.41, 5.74) is 0.750. The number of rotatable bonds is 4. The maximum absolute atomic E-state index is 11.7. The molecule has 2 aromatic rings. The van der Waals surface area contributed by atoms with E-state index >= 15 is 0 Å². The normalized spacial score (nSPS) is 10.1. The number of carboxylic acids is 1. The molecule has 0 aromatic carbocycles. The van der Waals surface area contributed by atoms with Crippen LogP contribution in [0.15, 0.2) is 23.7 Å². The van der Waals surface area contributed by atoms with Crippen LogP contribution in [0.1, 0.15) is 21.9 Å². The van der Waals surface area contributed by atoms with E-state index in [-0.39, 0.29) is 12.1 Å². The Morgan fingerprint density at radius 3 is 2.90 bits per heavy atom. The average Bonchev–Trinajstić information content (AvgIpc) is 2.85. The van der Waals surface area contributed by atoms with Gasteiger partial charge in [0.05, 0.1) is 17.8 Å². The number of hydrogen-bond acceptors (Lipinski definition) is 5. The Kier molecular flexibility index (Phi) is 4.26.